The summed E-state index contributed by atoms with van der Waals surface area (Å²) in [6.07, 6.45) is 0. The second-order valence-electron chi connectivity index (χ2n) is 6.23. The number of hydrogen-bond donors (Lipinski definition) is 3. The van der Waals surface area contributed by atoms with Crippen molar-refractivity contribution in [1.29, 1.82) is 0 Å². The van der Waals surface area contributed by atoms with Crippen molar-refractivity contribution < 1.29 is 37.7 Å². The van der Waals surface area contributed by atoms with Gasteiger partial charge >= 0.3 is 11.9 Å². The zero-order valence-corrected chi connectivity index (χ0v) is 16.9. The van der Waals surface area contributed by atoms with Crippen LogP contribution in [0.15, 0.2) is 71.6 Å². The number of aromatic carboxylic acids is 2. The predicted octanol–water partition coefficient (Wildman–Crippen LogP) is 3.68. The number of carboxylic acids is 2. The van der Waals surface area contributed by atoms with Crippen LogP contribution < -0.4 is 14.2 Å². The fraction of sp³-hybridized carbons (Fsp3) is 0.0476. The molecule has 0 aliphatic heterocycles. The van der Waals surface area contributed by atoms with E-state index >= 15 is 0 Å². The van der Waals surface area contributed by atoms with Gasteiger partial charge in [0.15, 0.2) is 0 Å². The Bertz CT molecular complexity index is 1240. The fourth-order valence-electron chi connectivity index (χ4n) is 2.64. The van der Waals surface area contributed by atoms with Crippen molar-refractivity contribution in [3.8, 4) is 17.2 Å². The summed E-state index contributed by atoms with van der Waals surface area (Å²) in [5.41, 5.74) is -0.501. The summed E-state index contributed by atoms with van der Waals surface area (Å²) in [5.74, 6) is -1.77. The van der Waals surface area contributed by atoms with Crippen LogP contribution in [-0.2, 0) is 10.0 Å². The first kappa shape index (κ1) is 21.7. The van der Waals surface area contributed by atoms with E-state index in [4.69, 9.17) is 14.6 Å². The van der Waals surface area contributed by atoms with E-state index in [9.17, 15) is 23.1 Å². The summed E-state index contributed by atoms with van der Waals surface area (Å²) in [6, 6.07) is 15.0. The molecule has 0 heterocycles. The minimum absolute atomic E-state index is 0.000158. The van der Waals surface area contributed by atoms with E-state index in [1.165, 1.54) is 67.8 Å². The lowest BCUT2D eigenvalue weighted by atomic mass is 10.1. The summed E-state index contributed by atoms with van der Waals surface area (Å²) in [6.45, 7) is 0. The SMILES string of the molecule is COc1ccc(S(=O)(=O)Nc2ccc(Oc3cccc(C(=O)O)c3)cc2C(=O)O)cc1. The molecule has 0 bridgehead atoms. The summed E-state index contributed by atoms with van der Waals surface area (Å²) in [7, 11) is -2.61. The second-order valence-corrected chi connectivity index (χ2v) is 7.91. The fourth-order valence-corrected chi connectivity index (χ4v) is 3.72. The Kier molecular flexibility index (Phi) is 6.12. The van der Waals surface area contributed by atoms with Gasteiger partial charge in [-0.25, -0.2) is 18.0 Å². The molecule has 0 fully saturated rings. The Morgan fingerprint density at radius 1 is 0.839 bits per heavy atom. The molecule has 0 aromatic heterocycles. The normalized spacial score (nSPS) is 10.9. The number of nitrogens with one attached hydrogen (secondary N) is 1. The van der Waals surface area contributed by atoms with E-state index in [2.05, 4.69) is 4.72 Å². The van der Waals surface area contributed by atoms with E-state index in [0.29, 0.717) is 5.75 Å². The first-order chi connectivity index (χ1) is 14.7. The zero-order valence-electron chi connectivity index (χ0n) is 16.1. The highest BCUT2D eigenvalue weighted by atomic mass is 32.2. The molecule has 0 saturated heterocycles. The van der Waals surface area contributed by atoms with Gasteiger partial charge in [0.2, 0.25) is 0 Å². The lowest BCUT2D eigenvalue weighted by Gasteiger charge is -2.13. The highest BCUT2D eigenvalue weighted by Crippen LogP contribution is 2.29. The Morgan fingerprint density at radius 2 is 1.48 bits per heavy atom. The molecule has 0 unspecified atom stereocenters. The molecule has 9 nitrogen and oxygen atoms in total. The van der Waals surface area contributed by atoms with Crippen molar-refractivity contribution in [1.82, 2.24) is 0 Å². The van der Waals surface area contributed by atoms with Gasteiger partial charge in [-0.1, -0.05) is 6.07 Å². The van der Waals surface area contributed by atoms with E-state index in [1.807, 2.05) is 0 Å². The van der Waals surface area contributed by atoms with Crippen LogP contribution in [0.25, 0.3) is 0 Å². The number of rotatable bonds is 8. The highest BCUT2D eigenvalue weighted by molar-refractivity contribution is 7.92. The second kappa shape index (κ2) is 8.76. The molecular weight excluding hydrogens is 426 g/mol. The van der Waals surface area contributed by atoms with Gasteiger partial charge in [0.05, 0.1) is 28.8 Å². The van der Waals surface area contributed by atoms with Crippen LogP contribution in [0.1, 0.15) is 20.7 Å². The number of benzene rings is 3. The minimum Gasteiger partial charge on any atom is -0.497 e. The number of carbonyl (C=O) groups is 2. The standard InChI is InChI=1S/C21H17NO8S/c1-29-14-5-8-17(9-6-14)31(27,28)22-19-10-7-16(12-18(19)21(25)26)30-15-4-2-3-13(11-15)20(23)24/h2-12,22H,1H3,(H,23,24)(H,25,26). The molecule has 0 aliphatic rings. The monoisotopic (exact) mass is 443 g/mol. The molecule has 3 aromatic rings. The van der Waals surface area contributed by atoms with Gasteiger partial charge in [0, 0.05) is 0 Å². The topological polar surface area (TPSA) is 139 Å². The van der Waals surface area contributed by atoms with Gasteiger partial charge in [0.25, 0.3) is 10.0 Å². The van der Waals surface area contributed by atoms with Crippen molar-refractivity contribution in [2.45, 2.75) is 4.90 Å². The molecule has 3 N–H and O–H groups in total. The number of carboxylic acid groups (broad SMARTS) is 2. The first-order valence-corrected chi connectivity index (χ1v) is 10.2. The maximum absolute atomic E-state index is 12.6. The molecule has 0 atom stereocenters. The van der Waals surface area contributed by atoms with Crippen LogP contribution in [0.2, 0.25) is 0 Å². The van der Waals surface area contributed by atoms with E-state index in [0.717, 1.165) is 6.07 Å². The summed E-state index contributed by atoms with van der Waals surface area (Å²) < 4.78 is 38.0. The molecule has 10 heteroatoms. The molecule has 0 aliphatic carbocycles. The maximum Gasteiger partial charge on any atom is 0.337 e. The number of ether oxygens (including phenoxy) is 2. The molecular formula is C21H17NO8S. The Hall–Kier alpha value is -4.05. The smallest absolute Gasteiger partial charge is 0.337 e. The number of methoxy groups -OCH3 is 1. The lowest BCUT2D eigenvalue weighted by Crippen LogP contribution is -2.15. The van der Waals surface area contributed by atoms with E-state index in [-0.39, 0.29) is 33.2 Å². The molecule has 0 amide bonds. The first-order valence-electron chi connectivity index (χ1n) is 8.75. The molecule has 3 aromatic carbocycles. The molecule has 0 spiro atoms. The average Bonchev–Trinajstić information content (AvgIpc) is 2.74. The van der Waals surface area contributed by atoms with Crippen molar-refractivity contribution in [3.05, 3.63) is 77.9 Å². The van der Waals surface area contributed by atoms with Gasteiger partial charge < -0.3 is 19.7 Å². The minimum atomic E-state index is -4.06. The third-order valence-corrected chi connectivity index (χ3v) is 5.53. The molecule has 31 heavy (non-hydrogen) atoms. The summed E-state index contributed by atoms with van der Waals surface area (Å²) >= 11 is 0. The zero-order chi connectivity index (χ0) is 22.6. The van der Waals surface area contributed by atoms with Gasteiger partial charge in [-0.3, -0.25) is 4.72 Å². The summed E-state index contributed by atoms with van der Waals surface area (Å²) in [4.78, 5) is 22.7. The van der Waals surface area contributed by atoms with Crippen LogP contribution in [0.3, 0.4) is 0 Å². The molecule has 3 rings (SSSR count). The van der Waals surface area contributed by atoms with Crippen LogP contribution in [0, 0.1) is 0 Å². The third kappa shape index (κ3) is 5.11. The molecule has 160 valence electrons. The van der Waals surface area contributed by atoms with Crippen molar-refractivity contribution in [2.24, 2.45) is 0 Å². The molecule has 0 saturated carbocycles. The largest absolute Gasteiger partial charge is 0.497 e. The van der Waals surface area contributed by atoms with Crippen LogP contribution in [-0.4, -0.2) is 37.7 Å². The van der Waals surface area contributed by atoms with Crippen LogP contribution >= 0.6 is 0 Å². The number of anilines is 1. The Labute approximate surface area is 177 Å². The lowest BCUT2D eigenvalue weighted by molar-refractivity contribution is 0.0686. The molecule has 0 radical (unpaired) electrons. The van der Waals surface area contributed by atoms with Crippen molar-refractivity contribution in [2.75, 3.05) is 11.8 Å². The summed E-state index contributed by atoms with van der Waals surface area (Å²) in [5, 5.41) is 18.6. The van der Waals surface area contributed by atoms with Crippen molar-refractivity contribution >= 4 is 27.6 Å². The van der Waals surface area contributed by atoms with Crippen LogP contribution in [0.5, 0.6) is 17.2 Å². The Balaban J connectivity index is 1.89. The number of sulfonamides is 1. The number of hydrogen-bond acceptors (Lipinski definition) is 6. The predicted molar refractivity (Wildman–Crippen MR) is 111 cm³/mol. The van der Waals surface area contributed by atoms with Crippen molar-refractivity contribution in [3.63, 3.8) is 0 Å². The quantitative estimate of drug-likeness (QED) is 0.479. The Morgan fingerprint density at radius 3 is 2.10 bits per heavy atom. The van der Waals surface area contributed by atoms with Gasteiger partial charge in [-0.15, -0.1) is 0 Å². The highest BCUT2D eigenvalue weighted by Gasteiger charge is 2.20. The van der Waals surface area contributed by atoms with Gasteiger partial charge in [0.1, 0.15) is 17.2 Å². The van der Waals surface area contributed by atoms with Gasteiger partial charge in [-0.05, 0) is 60.7 Å². The average molecular weight is 443 g/mol. The maximum atomic E-state index is 12.6. The third-order valence-electron chi connectivity index (χ3n) is 4.15. The van der Waals surface area contributed by atoms with E-state index in [1.54, 1.807) is 0 Å². The van der Waals surface area contributed by atoms with Crippen LogP contribution in [0.4, 0.5) is 5.69 Å². The van der Waals surface area contributed by atoms with Gasteiger partial charge in [-0.2, -0.15) is 0 Å². The van der Waals surface area contributed by atoms with E-state index < -0.39 is 22.0 Å².